The van der Waals surface area contributed by atoms with Crippen LogP contribution in [0.15, 0.2) is 59.3 Å². The molecule has 0 radical (unpaired) electrons. The van der Waals surface area contributed by atoms with Crippen molar-refractivity contribution in [2.24, 2.45) is 0 Å². The fraction of sp³-hybridized carbons (Fsp3) is 0.150. The van der Waals surface area contributed by atoms with Crippen LogP contribution >= 0.6 is 15.9 Å². The Morgan fingerprint density at radius 1 is 1.19 bits per heavy atom. The lowest BCUT2D eigenvalue weighted by molar-refractivity contribution is -0.211. The molecule has 0 aliphatic heterocycles. The summed E-state index contributed by atoms with van der Waals surface area (Å²) in [6.07, 6.45) is 3.90. The average Bonchev–Trinajstić information content (AvgIpc) is 3.16. The van der Waals surface area contributed by atoms with Gasteiger partial charge in [0.15, 0.2) is 11.5 Å². The maximum atomic E-state index is 13.0. The first kappa shape index (κ1) is 18.8. The summed E-state index contributed by atoms with van der Waals surface area (Å²) in [6.45, 7) is 3.21. The van der Waals surface area contributed by atoms with Gasteiger partial charge in [0, 0.05) is 17.6 Å². The summed E-state index contributed by atoms with van der Waals surface area (Å²) in [5.74, 6) is -0.693. The Balaban J connectivity index is 1.96. The summed E-state index contributed by atoms with van der Waals surface area (Å²) >= 11 is 3.47. The minimum atomic E-state index is -0.602. The van der Waals surface area contributed by atoms with Gasteiger partial charge in [0.05, 0.1) is 23.0 Å². The Morgan fingerprint density at radius 3 is 2.67 bits per heavy atom. The molecule has 0 amide bonds. The first-order chi connectivity index (χ1) is 13.0. The fourth-order valence-electron chi connectivity index (χ4n) is 2.52. The van der Waals surface area contributed by atoms with E-state index in [0.29, 0.717) is 11.1 Å². The minimum Gasteiger partial charge on any atom is -0.288 e. The number of para-hydroxylation sites is 1. The molecule has 3 rings (SSSR count). The molecular weight excluding hydrogens is 412 g/mol. The van der Waals surface area contributed by atoms with Crippen LogP contribution in [0, 0.1) is 0 Å². The monoisotopic (exact) mass is 428 g/mol. The third-order valence-electron chi connectivity index (χ3n) is 3.89. The zero-order valence-electron chi connectivity index (χ0n) is 14.8. The third kappa shape index (κ3) is 4.25. The number of rotatable bonds is 6. The molecule has 0 saturated carbocycles. The van der Waals surface area contributed by atoms with Crippen molar-refractivity contribution in [2.45, 2.75) is 20.3 Å². The molecule has 3 aromatic rings. The molecule has 0 N–H and O–H groups in total. The van der Waals surface area contributed by atoms with Crippen molar-refractivity contribution in [1.29, 1.82) is 0 Å². The summed E-state index contributed by atoms with van der Waals surface area (Å²) in [7, 11) is 0. The van der Waals surface area contributed by atoms with E-state index in [1.54, 1.807) is 23.0 Å². The number of ketones is 1. The van der Waals surface area contributed by atoms with E-state index in [1.807, 2.05) is 37.3 Å². The van der Waals surface area contributed by atoms with E-state index in [-0.39, 0.29) is 11.5 Å². The first-order valence-corrected chi connectivity index (χ1v) is 9.11. The van der Waals surface area contributed by atoms with E-state index in [2.05, 4.69) is 25.9 Å². The van der Waals surface area contributed by atoms with E-state index in [0.717, 1.165) is 22.1 Å². The number of halogens is 1. The van der Waals surface area contributed by atoms with Gasteiger partial charge >= 0.3 is 5.97 Å². The number of benzene rings is 2. The van der Waals surface area contributed by atoms with Crippen LogP contribution in [0.3, 0.4) is 0 Å². The molecule has 0 aliphatic rings. The molecule has 0 unspecified atom stereocenters. The second-order valence-electron chi connectivity index (χ2n) is 5.80. The lowest BCUT2D eigenvalue weighted by Crippen LogP contribution is -2.09. The number of nitrogens with zero attached hydrogens (tertiary/aromatic N) is 2. The van der Waals surface area contributed by atoms with Gasteiger partial charge in [-0.25, -0.2) is 9.48 Å². The number of carbonyl (C=O) groups excluding carboxylic acids is 2. The third-order valence-corrected chi connectivity index (χ3v) is 4.56. The largest absolute Gasteiger partial charge is 0.352 e. The molecule has 1 heterocycles. The average molecular weight is 429 g/mol. The van der Waals surface area contributed by atoms with Gasteiger partial charge in [-0.05, 0) is 52.2 Å². The highest BCUT2D eigenvalue weighted by molar-refractivity contribution is 9.10. The second-order valence-corrected chi connectivity index (χ2v) is 6.65. The lowest BCUT2D eigenvalue weighted by atomic mass is 10.0. The predicted octanol–water partition coefficient (Wildman–Crippen LogP) is 4.29. The molecule has 2 aromatic carbocycles. The van der Waals surface area contributed by atoms with Crippen molar-refractivity contribution < 1.29 is 19.4 Å². The van der Waals surface area contributed by atoms with Crippen molar-refractivity contribution in [1.82, 2.24) is 9.78 Å². The Hall–Kier alpha value is -2.93. The van der Waals surface area contributed by atoms with E-state index in [1.165, 1.54) is 13.1 Å². The van der Waals surface area contributed by atoms with Crippen molar-refractivity contribution in [3.8, 4) is 11.4 Å². The van der Waals surface area contributed by atoms with Crippen LogP contribution in [0.1, 0.15) is 35.3 Å². The van der Waals surface area contributed by atoms with Gasteiger partial charge in [0.25, 0.3) is 0 Å². The summed E-state index contributed by atoms with van der Waals surface area (Å²) in [5.41, 5.74) is 2.48. The highest BCUT2D eigenvalue weighted by atomic mass is 79.9. The number of aromatic nitrogens is 2. The number of hydrogen-bond donors (Lipinski definition) is 0. The van der Waals surface area contributed by atoms with Gasteiger partial charge in [0.2, 0.25) is 0 Å². The number of aryl methyl sites for hydroxylation is 1. The molecule has 138 valence electrons. The molecular formula is C20H17BrN2O4. The Morgan fingerprint density at radius 2 is 1.96 bits per heavy atom. The van der Waals surface area contributed by atoms with Gasteiger partial charge in [-0.2, -0.15) is 5.10 Å². The maximum absolute atomic E-state index is 13.0. The Kier molecular flexibility index (Phi) is 5.71. The lowest BCUT2D eigenvalue weighted by Gasteiger charge is -2.09. The van der Waals surface area contributed by atoms with Gasteiger partial charge in [0.1, 0.15) is 0 Å². The smallest absolute Gasteiger partial charge is 0.288 e. The highest BCUT2D eigenvalue weighted by Gasteiger charge is 2.19. The van der Waals surface area contributed by atoms with Crippen molar-refractivity contribution in [3.05, 3.63) is 76.0 Å². The topological polar surface area (TPSA) is 70.4 Å². The summed E-state index contributed by atoms with van der Waals surface area (Å²) in [6, 6.07) is 12.7. The minimum absolute atomic E-state index is 0.182. The molecule has 6 nitrogen and oxygen atoms in total. The van der Waals surface area contributed by atoms with Crippen molar-refractivity contribution in [3.63, 3.8) is 0 Å². The standard InChI is InChI=1S/C20H17BrN2O4/c1-3-14-8-9-19(27-26-13(2)24)16(10-14)20(25)15-11-22-23(12-15)18-7-5-4-6-17(18)21/h4-12H,3H2,1-2H3. The highest BCUT2D eigenvalue weighted by Crippen LogP contribution is 2.25. The Bertz CT molecular complexity index is 997. The van der Waals surface area contributed by atoms with Crippen LogP contribution in [0.5, 0.6) is 5.75 Å². The fourth-order valence-corrected chi connectivity index (χ4v) is 2.98. The molecule has 0 atom stereocenters. The van der Waals surface area contributed by atoms with Gasteiger partial charge in [-0.15, -0.1) is 0 Å². The molecule has 1 aromatic heterocycles. The summed E-state index contributed by atoms with van der Waals surface area (Å²) in [5, 5.41) is 4.28. The molecule has 7 heteroatoms. The maximum Gasteiger partial charge on any atom is 0.352 e. The molecule has 0 fully saturated rings. The zero-order valence-corrected chi connectivity index (χ0v) is 16.4. The van der Waals surface area contributed by atoms with E-state index in [9.17, 15) is 9.59 Å². The summed E-state index contributed by atoms with van der Waals surface area (Å²) in [4.78, 5) is 33.7. The normalized spacial score (nSPS) is 10.5. The van der Waals surface area contributed by atoms with Gasteiger partial charge in [-0.3, -0.25) is 14.6 Å². The second kappa shape index (κ2) is 8.18. The van der Waals surface area contributed by atoms with E-state index in [4.69, 9.17) is 4.89 Å². The van der Waals surface area contributed by atoms with Crippen LogP contribution in [0.4, 0.5) is 0 Å². The Labute approximate surface area is 164 Å². The number of carbonyl (C=O) groups is 2. The summed E-state index contributed by atoms with van der Waals surface area (Å²) < 4.78 is 2.48. The zero-order chi connectivity index (χ0) is 19.4. The van der Waals surface area contributed by atoms with Crippen molar-refractivity contribution in [2.75, 3.05) is 0 Å². The van der Waals surface area contributed by atoms with Crippen LogP contribution in [0.2, 0.25) is 0 Å². The quantitative estimate of drug-likeness (QED) is 0.332. The van der Waals surface area contributed by atoms with Crippen LogP contribution in [0.25, 0.3) is 5.69 Å². The van der Waals surface area contributed by atoms with Crippen molar-refractivity contribution >= 4 is 27.7 Å². The van der Waals surface area contributed by atoms with Gasteiger partial charge < -0.3 is 0 Å². The molecule has 0 saturated heterocycles. The molecule has 27 heavy (non-hydrogen) atoms. The van der Waals surface area contributed by atoms with Crippen LogP contribution in [-0.2, 0) is 16.1 Å². The predicted molar refractivity (Wildman–Crippen MR) is 103 cm³/mol. The molecule has 0 bridgehead atoms. The number of hydrogen-bond acceptors (Lipinski definition) is 5. The first-order valence-electron chi connectivity index (χ1n) is 8.32. The van der Waals surface area contributed by atoms with Crippen LogP contribution in [-0.4, -0.2) is 21.5 Å². The van der Waals surface area contributed by atoms with Gasteiger partial charge in [-0.1, -0.05) is 25.1 Å². The molecule has 0 spiro atoms. The SMILES string of the molecule is CCc1ccc(OOC(C)=O)c(C(=O)c2cnn(-c3ccccc3Br)c2)c1. The van der Waals surface area contributed by atoms with E-state index >= 15 is 0 Å². The van der Waals surface area contributed by atoms with E-state index < -0.39 is 5.97 Å². The van der Waals surface area contributed by atoms with Crippen LogP contribution < -0.4 is 4.89 Å². The molecule has 0 aliphatic carbocycles.